The highest BCUT2D eigenvalue weighted by Gasteiger charge is 2.34. The van der Waals surface area contributed by atoms with Crippen LogP contribution in [0, 0.1) is 0 Å². The van der Waals surface area contributed by atoms with E-state index in [1.807, 2.05) is 60.8 Å². The topological polar surface area (TPSA) is 120 Å². The van der Waals surface area contributed by atoms with Gasteiger partial charge in [0.1, 0.15) is 0 Å². The van der Waals surface area contributed by atoms with Crippen molar-refractivity contribution < 1.29 is 18.3 Å². The molecular weight excluding hydrogens is 572 g/mol. The van der Waals surface area contributed by atoms with Crippen LogP contribution in [0.1, 0.15) is 54.7 Å². The van der Waals surface area contributed by atoms with Crippen molar-refractivity contribution in [3.63, 3.8) is 0 Å². The van der Waals surface area contributed by atoms with Gasteiger partial charge in [0.25, 0.3) is 0 Å². The number of aromatic nitrogens is 1. The van der Waals surface area contributed by atoms with Crippen molar-refractivity contribution in [2.24, 2.45) is 5.73 Å². The van der Waals surface area contributed by atoms with Crippen LogP contribution in [0.5, 0.6) is 0 Å². The number of primary amides is 1. The number of benzene rings is 3. The zero-order valence-electron chi connectivity index (χ0n) is 25.1. The molecule has 0 saturated carbocycles. The number of nitrogens with one attached hydrogen (secondary N) is 1. The Kier molecular flexibility index (Phi) is 8.91. The first-order valence-corrected chi connectivity index (χ1v) is 17.3. The van der Waals surface area contributed by atoms with E-state index in [4.69, 9.17) is 5.73 Å². The smallest absolute Gasteiger partial charge is 0.221 e. The van der Waals surface area contributed by atoms with E-state index in [9.17, 15) is 18.3 Å². The second kappa shape index (κ2) is 12.9. The lowest BCUT2D eigenvalue weighted by Gasteiger charge is -2.38. The summed E-state index contributed by atoms with van der Waals surface area (Å²) >= 11 is 0. The number of hydrogen-bond acceptors (Lipinski definition) is 5. The van der Waals surface area contributed by atoms with Crippen LogP contribution in [0.3, 0.4) is 0 Å². The molecule has 0 aliphatic carbocycles. The van der Waals surface area contributed by atoms with E-state index in [2.05, 4.69) is 28.1 Å². The Morgan fingerprint density at radius 2 is 1.59 bits per heavy atom. The number of rotatable bonds is 10. The number of carbonyl (C=O) groups excluding carboxylic acids is 1. The number of amides is 1. The molecule has 4 aromatic rings. The summed E-state index contributed by atoms with van der Waals surface area (Å²) in [5, 5.41) is 12.2. The summed E-state index contributed by atoms with van der Waals surface area (Å²) in [4.78, 5) is 17.5. The van der Waals surface area contributed by atoms with Gasteiger partial charge in [-0.05, 0) is 84.5 Å². The molecule has 44 heavy (non-hydrogen) atoms. The van der Waals surface area contributed by atoms with Gasteiger partial charge >= 0.3 is 0 Å². The standard InChI is InChI=1S/C35H42N4O4S/c36-33(40)24-29-22-28(26-8-3-1-4-9-26)23-31-32(25-37-34(29)31)27-12-17-39(18-13-27)44(42,43)21-7-16-38-19-14-35(41,15-20-38)30-10-5-2-6-11-30/h1-6,8-11,22-23,25,27,37,41H,7,12-21,24H2,(H2,36,40). The molecular formula is C35H42N4O4S. The van der Waals surface area contributed by atoms with E-state index in [1.54, 1.807) is 4.31 Å². The molecule has 6 rings (SSSR count). The lowest BCUT2D eigenvalue weighted by Crippen LogP contribution is -2.43. The van der Waals surface area contributed by atoms with Crippen molar-refractivity contribution in [1.29, 1.82) is 0 Å². The number of piperidine rings is 2. The van der Waals surface area contributed by atoms with Gasteiger partial charge in [0.05, 0.1) is 17.8 Å². The van der Waals surface area contributed by atoms with Gasteiger partial charge in [0, 0.05) is 43.3 Å². The molecule has 1 amide bonds. The SMILES string of the molecule is NC(=O)Cc1cc(-c2ccccc2)cc2c(C3CCN(S(=O)(=O)CCCN4CCC(O)(c5ccccc5)CC4)CC3)c[nH]c12. The maximum atomic E-state index is 13.3. The quantitative estimate of drug-likeness (QED) is 0.238. The lowest BCUT2D eigenvalue weighted by atomic mass is 9.84. The van der Waals surface area contributed by atoms with Crippen molar-refractivity contribution in [2.75, 3.05) is 38.5 Å². The van der Waals surface area contributed by atoms with E-state index in [0.29, 0.717) is 38.9 Å². The molecule has 0 unspecified atom stereocenters. The van der Waals surface area contributed by atoms with Crippen molar-refractivity contribution >= 4 is 26.8 Å². The Labute approximate surface area is 259 Å². The van der Waals surface area contributed by atoms with Gasteiger partial charge in [0.2, 0.25) is 15.9 Å². The van der Waals surface area contributed by atoms with Crippen molar-refractivity contribution in [3.8, 4) is 11.1 Å². The Hall–Kier alpha value is -3.50. The second-order valence-electron chi connectivity index (χ2n) is 12.4. The van der Waals surface area contributed by atoms with Crippen molar-refractivity contribution in [3.05, 3.63) is 95.7 Å². The molecule has 2 saturated heterocycles. The van der Waals surface area contributed by atoms with Gasteiger partial charge in [-0.25, -0.2) is 12.7 Å². The zero-order chi connectivity index (χ0) is 30.7. The maximum absolute atomic E-state index is 13.3. The number of fused-ring (bicyclic) bond motifs is 1. The summed E-state index contributed by atoms with van der Waals surface area (Å²) in [6.07, 6.45) is 5.56. The summed E-state index contributed by atoms with van der Waals surface area (Å²) in [6, 6.07) is 24.1. The fraction of sp³-hybridized carbons (Fsp3) is 0.400. The predicted octanol–water partition coefficient (Wildman–Crippen LogP) is 4.75. The number of sulfonamides is 1. The third-order valence-electron chi connectivity index (χ3n) is 9.53. The van der Waals surface area contributed by atoms with Crippen LogP contribution in [0.25, 0.3) is 22.0 Å². The lowest BCUT2D eigenvalue weighted by molar-refractivity contribution is -0.117. The van der Waals surface area contributed by atoms with Gasteiger partial charge in [-0.3, -0.25) is 4.79 Å². The van der Waals surface area contributed by atoms with Crippen LogP contribution < -0.4 is 5.73 Å². The Balaban J connectivity index is 1.06. The monoisotopic (exact) mass is 614 g/mol. The number of nitrogens with two attached hydrogens (primary N) is 1. The van der Waals surface area contributed by atoms with E-state index in [1.165, 1.54) is 5.56 Å². The first-order valence-electron chi connectivity index (χ1n) is 15.7. The van der Waals surface area contributed by atoms with Crippen LogP contribution in [0.4, 0.5) is 0 Å². The maximum Gasteiger partial charge on any atom is 0.221 e. The minimum atomic E-state index is -3.35. The van der Waals surface area contributed by atoms with E-state index >= 15 is 0 Å². The number of H-pyrrole nitrogens is 1. The highest BCUT2D eigenvalue weighted by atomic mass is 32.2. The molecule has 1 aromatic heterocycles. The highest BCUT2D eigenvalue weighted by molar-refractivity contribution is 7.89. The molecule has 2 aliphatic heterocycles. The highest BCUT2D eigenvalue weighted by Crippen LogP contribution is 2.38. The van der Waals surface area contributed by atoms with Gasteiger partial charge in [0.15, 0.2) is 0 Å². The molecule has 0 radical (unpaired) electrons. The van der Waals surface area contributed by atoms with E-state index in [-0.39, 0.29) is 24.0 Å². The molecule has 0 bridgehead atoms. The summed E-state index contributed by atoms with van der Waals surface area (Å²) in [6.45, 7) is 3.23. The third-order valence-corrected chi connectivity index (χ3v) is 11.5. The number of likely N-dealkylation sites (tertiary alicyclic amines) is 1. The number of hydrogen-bond donors (Lipinski definition) is 3. The molecule has 9 heteroatoms. The Morgan fingerprint density at radius 1 is 0.932 bits per heavy atom. The molecule has 4 N–H and O–H groups in total. The van der Waals surface area contributed by atoms with Crippen LogP contribution in [-0.4, -0.2) is 72.1 Å². The molecule has 2 aliphatic rings. The Morgan fingerprint density at radius 3 is 2.25 bits per heavy atom. The van der Waals surface area contributed by atoms with Crippen LogP contribution in [-0.2, 0) is 26.8 Å². The van der Waals surface area contributed by atoms with E-state index in [0.717, 1.165) is 59.1 Å². The largest absolute Gasteiger partial charge is 0.385 e. The normalized spacial score (nSPS) is 18.5. The first kappa shape index (κ1) is 30.5. The summed E-state index contributed by atoms with van der Waals surface area (Å²) in [5.74, 6) is -0.0132. The minimum Gasteiger partial charge on any atom is -0.385 e. The molecule has 0 spiro atoms. The van der Waals surface area contributed by atoms with Crippen molar-refractivity contribution in [2.45, 2.75) is 50.0 Å². The summed E-state index contributed by atoms with van der Waals surface area (Å²) in [7, 11) is -3.35. The number of aliphatic hydroxyl groups is 1. The van der Waals surface area contributed by atoms with Crippen molar-refractivity contribution in [1.82, 2.24) is 14.2 Å². The molecule has 8 nitrogen and oxygen atoms in total. The van der Waals surface area contributed by atoms with Gasteiger partial charge in [-0.2, -0.15) is 0 Å². The molecule has 2 fully saturated rings. The number of aromatic amines is 1. The fourth-order valence-electron chi connectivity index (χ4n) is 7.02. The van der Waals surface area contributed by atoms with Gasteiger partial charge in [-0.1, -0.05) is 60.7 Å². The fourth-order valence-corrected chi connectivity index (χ4v) is 8.54. The van der Waals surface area contributed by atoms with E-state index < -0.39 is 15.6 Å². The average molecular weight is 615 g/mol. The molecule has 232 valence electrons. The third kappa shape index (κ3) is 6.61. The number of nitrogens with zero attached hydrogens (tertiary/aromatic N) is 2. The van der Waals surface area contributed by atoms with Crippen LogP contribution >= 0.6 is 0 Å². The zero-order valence-corrected chi connectivity index (χ0v) is 25.9. The molecule has 0 atom stereocenters. The first-order chi connectivity index (χ1) is 21.2. The van der Waals surface area contributed by atoms with Gasteiger partial charge in [-0.15, -0.1) is 0 Å². The van der Waals surface area contributed by atoms with Crippen LogP contribution in [0.2, 0.25) is 0 Å². The number of carbonyl (C=O) groups is 1. The average Bonchev–Trinajstić information content (AvgIpc) is 3.47. The molecule has 3 heterocycles. The Bertz CT molecular complexity index is 1690. The minimum absolute atomic E-state index is 0.140. The van der Waals surface area contributed by atoms with Gasteiger partial charge < -0.3 is 20.7 Å². The molecule has 3 aromatic carbocycles. The summed E-state index contributed by atoms with van der Waals surface area (Å²) < 4.78 is 28.2. The predicted molar refractivity (Wildman–Crippen MR) is 175 cm³/mol. The summed E-state index contributed by atoms with van der Waals surface area (Å²) in [5.41, 5.74) is 10.8. The van der Waals surface area contributed by atoms with Crippen LogP contribution in [0.15, 0.2) is 79.0 Å². The second-order valence-corrected chi connectivity index (χ2v) is 14.5.